The Hall–Kier alpha value is -1.07. The van der Waals surface area contributed by atoms with Crippen molar-refractivity contribution >= 4 is 39.8 Å². The first-order valence-electron chi connectivity index (χ1n) is 4.90. The van der Waals surface area contributed by atoms with Crippen LogP contribution in [0.15, 0.2) is 18.2 Å². The van der Waals surface area contributed by atoms with Gasteiger partial charge in [-0.15, -0.1) is 0 Å². The number of nitrogens with zero attached hydrogens (tertiary/aromatic N) is 1. The summed E-state index contributed by atoms with van der Waals surface area (Å²) >= 11 is 12.1. The van der Waals surface area contributed by atoms with E-state index in [-0.39, 0.29) is 0 Å². The fraction of sp³-hybridized carbons (Fsp3) is 0.182. The topological polar surface area (TPSA) is 60.2 Å². The molecule has 0 amide bonds. The molecule has 0 fully saturated rings. The van der Waals surface area contributed by atoms with E-state index in [1.807, 2.05) is 0 Å². The lowest BCUT2D eigenvalue weighted by Crippen LogP contribution is -2.09. The van der Waals surface area contributed by atoms with Crippen LogP contribution >= 0.6 is 23.2 Å². The third-order valence-corrected chi connectivity index (χ3v) is 2.84. The zero-order valence-electron chi connectivity index (χ0n) is 9.13. The lowest BCUT2D eigenvalue weighted by molar-refractivity contribution is 0.182. The summed E-state index contributed by atoms with van der Waals surface area (Å²) in [5, 5.41) is 1.79. The van der Waals surface area contributed by atoms with Crippen LogP contribution in [0.5, 0.6) is 0 Å². The van der Waals surface area contributed by atoms with Gasteiger partial charge in [-0.3, -0.25) is 10.8 Å². The average molecular weight is 272 g/mol. The van der Waals surface area contributed by atoms with Crippen molar-refractivity contribution < 1.29 is 4.74 Å². The van der Waals surface area contributed by atoms with Crippen molar-refractivity contribution in [2.24, 2.45) is 5.84 Å². The molecule has 2 rings (SSSR count). The third-order valence-electron chi connectivity index (χ3n) is 2.33. The Bertz CT molecular complexity index is 560. The van der Waals surface area contributed by atoms with Crippen molar-refractivity contribution in [2.45, 2.75) is 6.61 Å². The van der Waals surface area contributed by atoms with Gasteiger partial charge < -0.3 is 10.2 Å². The average Bonchev–Trinajstić information content (AvgIpc) is 2.27. The molecular weight excluding hydrogens is 261 g/mol. The van der Waals surface area contributed by atoms with Gasteiger partial charge in [0.2, 0.25) is 0 Å². The van der Waals surface area contributed by atoms with E-state index in [9.17, 15) is 0 Å². The number of benzene rings is 1. The second-order valence-corrected chi connectivity index (χ2v) is 4.36. The molecule has 0 unspecified atom stereocenters. The maximum Gasteiger partial charge on any atom is 0.0885 e. The first-order chi connectivity index (χ1) is 8.15. The molecular formula is C11H11Cl2N3O. The van der Waals surface area contributed by atoms with Crippen molar-refractivity contribution in [3.63, 3.8) is 0 Å². The fourth-order valence-corrected chi connectivity index (χ4v) is 2.26. The van der Waals surface area contributed by atoms with Gasteiger partial charge in [-0.2, -0.15) is 0 Å². The first-order valence-corrected chi connectivity index (χ1v) is 5.65. The van der Waals surface area contributed by atoms with Gasteiger partial charge in [0.25, 0.3) is 0 Å². The Morgan fingerprint density at radius 3 is 2.76 bits per heavy atom. The van der Waals surface area contributed by atoms with E-state index in [2.05, 4.69) is 10.4 Å². The number of aromatic nitrogens is 1. The summed E-state index contributed by atoms with van der Waals surface area (Å²) in [5.74, 6) is 5.48. The largest absolute Gasteiger partial charge is 0.378 e. The molecule has 1 heterocycles. The number of nitrogens with one attached hydrogen (secondary N) is 1. The van der Waals surface area contributed by atoms with Gasteiger partial charge in [-0.05, 0) is 18.2 Å². The number of hydrogen-bond donors (Lipinski definition) is 2. The first kappa shape index (κ1) is 12.4. The number of halogens is 2. The maximum atomic E-state index is 6.12. The van der Waals surface area contributed by atoms with Gasteiger partial charge in [0.05, 0.1) is 28.5 Å². The Labute approximate surface area is 109 Å². The molecule has 0 atom stereocenters. The lowest BCUT2D eigenvalue weighted by Gasteiger charge is -2.10. The van der Waals surface area contributed by atoms with Crippen LogP contribution in [0, 0.1) is 0 Å². The number of anilines is 1. The zero-order chi connectivity index (χ0) is 12.4. The molecule has 0 aliphatic carbocycles. The molecule has 4 nitrogen and oxygen atoms in total. The van der Waals surface area contributed by atoms with Crippen LogP contribution in [0.3, 0.4) is 0 Å². The number of rotatable bonds is 3. The summed E-state index contributed by atoms with van der Waals surface area (Å²) in [6.07, 6.45) is 0. The molecule has 90 valence electrons. The Kier molecular flexibility index (Phi) is 3.69. The molecule has 1 aromatic heterocycles. The molecule has 2 aromatic rings. The SMILES string of the molecule is COCc1cc(NN)c2c(Cl)cc(Cl)cc2n1. The van der Waals surface area contributed by atoms with Crippen molar-refractivity contribution in [3.8, 4) is 0 Å². The monoisotopic (exact) mass is 271 g/mol. The van der Waals surface area contributed by atoms with Crippen LogP contribution in [-0.2, 0) is 11.3 Å². The highest BCUT2D eigenvalue weighted by molar-refractivity contribution is 6.39. The van der Waals surface area contributed by atoms with Crippen LogP contribution in [0.4, 0.5) is 5.69 Å². The number of methoxy groups -OCH3 is 1. The molecule has 0 saturated carbocycles. The number of hydrogen-bond acceptors (Lipinski definition) is 4. The molecule has 17 heavy (non-hydrogen) atoms. The fourth-order valence-electron chi connectivity index (χ4n) is 1.68. The quantitative estimate of drug-likeness (QED) is 0.666. The minimum absolute atomic E-state index is 0.398. The van der Waals surface area contributed by atoms with E-state index >= 15 is 0 Å². The Morgan fingerprint density at radius 1 is 1.35 bits per heavy atom. The number of fused-ring (bicyclic) bond motifs is 1. The van der Waals surface area contributed by atoms with Gasteiger partial charge in [0.1, 0.15) is 0 Å². The van der Waals surface area contributed by atoms with E-state index in [1.54, 1.807) is 25.3 Å². The summed E-state index contributed by atoms with van der Waals surface area (Å²) in [4.78, 5) is 4.41. The second kappa shape index (κ2) is 5.06. The highest BCUT2D eigenvalue weighted by Gasteiger charge is 2.10. The van der Waals surface area contributed by atoms with Gasteiger partial charge in [0.15, 0.2) is 0 Å². The summed E-state index contributed by atoms with van der Waals surface area (Å²) in [7, 11) is 1.60. The highest BCUT2D eigenvalue weighted by atomic mass is 35.5. The normalized spacial score (nSPS) is 10.8. The molecule has 0 radical (unpaired) electrons. The molecule has 0 saturated heterocycles. The van der Waals surface area contributed by atoms with Crippen LogP contribution in [0.1, 0.15) is 5.69 Å². The number of ether oxygens (including phenoxy) is 1. The summed E-state index contributed by atoms with van der Waals surface area (Å²) < 4.78 is 5.04. The van der Waals surface area contributed by atoms with E-state index in [0.717, 1.165) is 11.1 Å². The van der Waals surface area contributed by atoms with Crippen LogP contribution in [0.2, 0.25) is 10.0 Å². The lowest BCUT2D eigenvalue weighted by atomic mass is 10.1. The summed E-state index contributed by atoms with van der Waals surface area (Å²) in [5.41, 5.74) is 4.74. The standard InChI is InChI=1S/C11H11Cl2N3O/c1-17-5-7-4-10(16-14)11-8(13)2-6(12)3-9(11)15-7/h2-4H,5,14H2,1H3,(H,15,16). The van der Waals surface area contributed by atoms with Crippen LogP contribution in [-0.4, -0.2) is 12.1 Å². The maximum absolute atomic E-state index is 6.12. The van der Waals surface area contributed by atoms with Gasteiger partial charge in [-0.25, -0.2) is 0 Å². The highest BCUT2D eigenvalue weighted by Crippen LogP contribution is 2.32. The zero-order valence-corrected chi connectivity index (χ0v) is 10.6. The molecule has 6 heteroatoms. The predicted molar refractivity (Wildman–Crippen MR) is 70.3 cm³/mol. The number of pyridine rings is 1. The third kappa shape index (κ3) is 2.45. The van der Waals surface area contributed by atoms with Crippen molar-refractivity contribution in [1.82, 2.24) is 4.98 Å². The molecule has 1 aromatic carbocycles. The Balaban J connectivity index is 2.73. The summed E-state index contributed by atoms with van der Waals surface area (Å²) in [6, 6.07) is 5.19. The molecule has 0 aliphatic rings. The van der Waals surface area contributed by atoms with Crippen LogP contribution < -0.4 is 11.3 Å². The van der Waals surface area contributed by atoms with Gasteiger partial charge >= 0.3 is 0 Å². The molecule has 3 N–H and O–H groups in total. The van der Waals surface area contributed by atoms with Gasteiger partial charge in [-0.1, -0.05) is 23.2 Å². The Morgan fingerprint density at radius 2 is 2.12 bits per heavy atom. The van der Waals surface area contributed by atoms with Crippen LogP contribution in [0.25, 0.3) is 10.9 Å². The molecule has 0 bridgehead atoms. The second-order valence-electron chi connectivity index (χ2n) is 3.52. The number of nitrogen functional groups attached to an aromatic ring is 1. The minimum Gasteiger partial charge on any atom is -0.378 e. The minimum atomic E-state index is 0.398. The van der Waals surface area contributed by atoms with Gasteiger partial charge in [0, 0.05) is 17.5 Å². The smallest absolute Gasteiger partial charge is 0.0885 e. The van der Waals surface area contributed by atoms with Crippen molar-refractivity contribution in [3.05, 3.63) is 33.9 Å². The number of nitrogens with two attached hydrogens (primary N) is 1. The van der Waals surface area contributed by atoms with E-state index < -0.39 is 0 Å². The predicted octanol–water partition coefficient (Wildman–Crippen LogP) is 2.97. The molecule has 0 aliphatic heterocycles. The van der Waals surface area contributed by atoms with Crippen molar-refractivity contribution in [1.29, 1.82) is 0 Å². The molecule has 0 spiro atoms. The number of hydrazine groups is 1. The van der Waals surface area contributed by atoms with Crippen molar-refractivity contribution in [2.75, 3.05) is 12.5 Å². The van der Waals surface area contributed by atoms with E-state index in [1.165, 1.54) is 0 Å². The van der Waals surface area contributed by atoms with E-state index in [4.69, 9.17) is 33.8 Å². The van der Waals surface area contributed by atoms with E-state index in [0.29, 0.717) is 27.9 Å². The summed E-state index contributed by atoms with van der Waals surface area (Å²) in [6.45, 7) is 0.398.